The number of hydrogen-bond acceptors (Lipinski definition) is 4. The number of hydrogen-bond donors (Lipinski definition) is 1. The maximum absolute atomic E-state index is 4.25. The maximum Gasteiger partial charge on any atom is 0.0967 e. The molecule has 5 heteroatoms. The molecule has 1 N–H and O–H groups in total. The summed E-state index contributed by atoms with van der Waals surface area (Å²) in [5.41, 5.74) is 1.28. The summed E-state index contributed by atoms with van der Waals surface area (Å²) in [6.45, 7) is 12.3. The van der Waals surface area contributed by atoms with Crippen LogP contribution >= 0.6 is 0 Å². The molecule has 3 atom stereocenters. The maximum atomic E-state index is 4.25. The smallest absolute Gasteiger partial charge is 0.0967 e. The molecule has 0 aromatic carbocycles. The van der Waals surface area contributed by atoms with Gasteiger partial charge in [-0.3, -0.25) is 9.58 Å². The Hall–Kier alpha value is -0.940. The molecule has 1 saturated heterocycles. The Balaban J connectivity index is 2.13. The third kappa shape index (κ3) is 3.38. The zero-order valence-electron chi connectivity index (χ0n) is 13.6. The van der Waals surface area contributed by atoms with E-state index >= 15 is 0 Å². The Morgan fingerprint density at radius 1 is 1.50 bits per heavy atom. The lowest BCUT2D eigenvalue weighted by Crippen LogP contribution is -2.63. The Labute approximate surface area is 122 Å². The van der Waals surface area contributed by atoms with Crippen molar-refractivity contribution in [1.29, 1.82) is 0 Å². The van der Waals surface area contributed by atoms with Gasteiger partial charge in [0.05, 0.1) is 5.69 Å². The van der Waals surface area contributed by atoms with E-state index in [1.807, 2.05) is 13.2 Å². The van der Waals surface area contributed by atoms with E-state index in [4.69, 9.17) is 0 Å². The third-order valence-corrected chi connectivity index (χ3v) is 4.86. The van der Waals surface area contributed by atoms with E-state index in [9.17, 15) is 0 Å². The van der Waals surface area contributed by atoms with Crippen LogP contribution in [0.3, 0.4) is 0 Å². The first-order valence-electron chi connectivity index (χ1n) is 7.81. The largest absolute Gasteiger partial charge is 0.309 e. The SMILES string of the molecule is CCC(C)C1CNC(C)(CC)CN1Cc1cn(C)nn1. The number of piperazine rings is 1. The van der Waals surface area contributed by atoms with Crippen LogP contribution in [0.25, 0.3) is 0 Å². The summed E-state index contributed by atoms with van der Waals surface area (Å²) in [5, 5.41) is 12.1. The molecule has 1 aliphatic heterocycles. The van der Waals surface area contributed by atoms with Gasteiger partial charge in [-0.05, 0) is 19.3 Å². The van der Waals surface area contributed by atoms with Crippen molar-refractivity contribution in [2.45, 2.75) is 58.7 Å². The molecule has 0 amide bonds. The van der Waals surface area contributed by atoms with Crippen molar-refractivity contribution < 1.29 is 0 Å². The van der Waals surface area contributed by atoms with E-state index in [-0.39, 0.29) is 5.54 Å². The van der Waals surface area contributed by atoms with Crippen LogP contribution in [-0.2, 0) is 13.6 Å². The first-order chi connectivity index (χ1) is 9.47. The average molecular weight is 279 g/mol. The molecule has 20 heavy (non-hydrogen) atoms. The summed E-state index contributed by atoms with van der Waals surface area (Å²) in [4.78, 5) is 2.60. The second kappa shape index (κ2) is 6.22. The average Bonchev–Trinajstić information content (AvgIpc) is 2.83. The van der Waals surface area contributed by atoms with Gasteiger partial charge in [0.1, 0.15) is 0 Å². The van der Waals surface area contributed by atoms with Crippen molar-refractivity contribution in [3.05, 3.63) is 11.9 Å². The van der Waals surface area contributed by atoms with Gasteiger partial charge in [-0.1, -0.05) is 32.4 Å². The van der Waals surface area contributed by atoms with Gasteiger partial charge < -0.3 is 5.32 Å². The molecule has 0 radical (unpaired) electrons. The lowest BCUT2D eigenvalue weighted by Gasteiger charge is -2.47. The van der Waals surface area contributed by atoms with E-state index in [2.05, 4.69) is 48.2 Å². The molecule has 2 rings (SSSR count). The summed E-state index contributed by atoms with van der Waals surface area (Å²) in [7, 11) is 1.93. The molecule has 5 nitrogen and oxygen atoms in total. The van der Waals surface area contributed by atoms with E-state index in [1.54, 1.807) is 4.68 Å². The topological polar surface area (TPSA) is 46.0 Å². The van der Waals surface area contributed by atoms with Gasteiger partial charge in [-0.2, -0.15) is 0 Å². The number of rotatable bonds is 5. The third-order valence-electron chi connectivity index (χ3n) is 4.86. The summed E-state index contributed by atoms with van der Waals surface area (Å²) >= 11 is 0. The van der Waals surface area contributed by atoms with Gasteiger partial charge in [0.25, 0.3) is 0 Å². The van der Waals surface area contributed by atoms with Crippen molar-refractivity contribution in [3.63, 3.8) is 0 Å². The summed E-state index contributed by atoms with van der Waals surface area (Å²) < 4.78 is 1.79. The van der Waals surface area contributed by atoms with Gasteiger partial charge in [0.2, 0.25) is 0 Å². The molecular weight excluding hydrogens is 250 g/mol. The van der Waals surface area contributed by atoms with Gasteiger partial charge in [0.15, 0.2) is 0 Å². The molecule has 0 spiro atoms. The van der Waals surface area contributed by atoms with E-state index < -0.39 is 0 Å². The van der Waals surface area contributed by atoms with Crippen LogP contribution in [0, 0.1) is 5.92 Å². The van der Waals surface area contributed by atoms with Crippen molar-refractivity contribution in [2.75, 3.05) is 13.1 Å². The zero-order valence-corrected chi connectivity index (χ0v) is 13.6. The van der Waals surface area contributed by atoms with E-state index in [0.29, 0.717) is 12.0 Å². The highest BCUT2D eigenvalue weighted by molar-refractivity contribution is 5.00. The van der Waals surface area contributed by atoms with Crippen LogP contribution < -0.4 is 5.32 Å². The normalized spacial score (nSPS) is 29.6. The molecule has 1 aliphatic rings. The predicted octanol–water partition coefficient (Wildman–Crippen LogP) is 1.80. The fourth-order valence-corrected chi connectivity index (χ4v) is 3.02. The minimum Gasteiger partial charge on any atom is -0.309 e. The van der Waals surface area contributed by atoms with E-state index in [0.717, 1.165) is 31.7 Å². The highest BCUT2D eigenvalue weighted by atomic mass is 15.4. The number of nitrogens with one attached hydrogen (secondary N) is 1. The molecule has 114 valence electrons. The molecule has 1 aromatic heterocycles. The summed E-state index contributed by atoms with van der Waals surface area (Å²) in [6, 6.07) is 0.585. The van der Waals surface area contributed by atoms with Crippen LogP contribution in [0.2, 0.25) is 0 Å². The molecule has 3 unspecified atom stereocenters. The Bertz CT molecular complexity index is 430. The molecule has 0 bridgehead atoms. The van der Waals surface area contributed by atoms with E-state index in [1.165, 1.54) is 6.42 Å². The lowest BCUT2D eigenvalue weighted by molar-refractivity contribution is 0.0477. The number of aromatic nitrogens is 3. The lowest BCUT2D eigenvalue weighted by atomic mass is 9.88. The van der Waals surface area contributed by atoms with Crippen LogP contribution in [0.15, 0.2) is 6.20 Å². The molecule has 0 aliphatic carbocycles. The van der Waals surface area contributed by atoms with Crippen LogP contribution in [0.5, 0.6) is 0 Å². The van der Waals surface area contributed by atoms with Crippen molar-refractivity contribution >= 4 is 0 Å². The quantitative estimate of drug-likeness (QED) is 0.893. The molecule has 0 saturated carbocycles. The first kappa shape index (κ1) is 15.4. The standard InChI is InChI=1S/C15H29N5/c1-6-12(3)14-8-16-15(4,7-2)11-20(14)10-13-9-19(5)18-17-13/h9,12,14,16H,6-8,10-11H2,1-5H3. The fourth-order valence-electron chi connectivity index (χ4n) is 3.02. The fraction of sp³-hybridized carbons (Fsp3) is 0.867. The summed E-state index contributed by atoms with van der Waals surface area (Å²) in [5.74, 6) is 0.695. The molecular formula is C15H29N5. The molecule has 1 fully saturated rings. The second-order valence-electron chi connectivity index (χ2n) is 6.54. The number of aryl methyl sites for hydroxylation is 1. The minimum atomic E-state index is 0.214. The van der Waals surface area contributed by atoms with Crippen molar-refractivity contribution in [1.82, 2.24) is 25.2 Å². The number of nitrogens with zero attached hydrogens (tertiary/aromatic N) is 4. The second-order valence-corrected chi connectivity index (χ2v) is 6.54. The Kier molecular flexibility index (Phi) is 4.81. The van der Waals surface area contributed by atoms with Crippen molar-refractivity contribution in [3.8, 4) is 0 Å². The zero-order chi connectivity index (χ0) is 14.8. The van der Waals surface area contributed by atoms with Crippen LogP contribution in [-0.4, -0.2) is 44.6 Å². The molecule has 2 heterocycles. The highest BCUT2D eigenvalue weighted by Gasteiger charge is 2.36. The highest BCUT2D eigenvalue weighted by Crippen LogP contribution is 2.25. The van der Waals surface area contributed by atoms with Gasteiger partial charge in [0, 0.05) is 44.5 Å². The van der Waals surface area contributed by atoms with Gasteiger partial charge in [-0.15, -0.1) is 5.10 Å². The van der Waals surface area contributed by atoms with Crippen LogP contribution in [0.4, 0.5) is 0 Å². The van der Waals surface area contributed by atoms with Gasteiger partial charge in [-0.25, -0.2) is 0 Å². The first-order valence-corrected chi connectivity index (χ1v) is 7.81. The predicted molar refractivity (Wildman–Crippen MR) is 81.4 cm³/mol. The van der Waals surface area contributed by atoms with Gasteiger partial charge >= 0.3 is 0 Å². The Morgan fingerprint density at radius 3 is 2.80 bits per heavy atom. The Morgan fingerprint density at radius 2 is 2.25 bits per heavy atom. The molecule has 1 aromatic rings. The monoisotopic (exact) mass is 279 g/mol. The van der Waals surface area contributed by atoms with Crippen molar-refractivity contribution in [2.24, 2.45) is 13.0 Å². The summed E-state index contributed by atoms with van der Waals surface area (Å²) in [6.07, 6.45) is 4.39. The van der Waals surface area contributed by atoms with Crippen LogP contribution in [0.1, 0.15) is 46.2 Å². The minimum absolute atomic E-state index is 0.214.